The first-order chi connectivity index (χ1) is 14.4. The monoisotopic (exact) mass is 411 g/mol. The highest BCUT2D eigenvalue weighted by molar-refractivity contribution is 6.06. The van der Waals surface area contributed by atoms with Crippen LogP contribution in [0.4, 0.5) is 11.4 Å². The van der Waals surface area contributed by atoms with Gasteiger partial charge in [0.05, 0.1) is 35.6 Å². The lowest BCUT2D eigenvalue weighted by Crippen LogP contribution is -2.40. The van der Waals surface area contributed by atoms with E-state index in [1.54, 1.807) is 0 Å². The number of allylic oxidation sites excluding steroid dienone is 2. The Bertz CT molecular complexity index is 968. The Morgan fingerprint density at radius 2 is 1.83 bits per heavy atom. The van der Waals surface area contributed by atoms with Crippen LogP contribution in [-0.2, 0) is 14.4 Å². The Morgan fingerprint density at radius 1 is 1.20 bits per heavy atom. The summed E-state index contributed by atoms with van der Waals surface area (Å²) in [6, 6.07) is 3.89. The maximum absolute atomic E-state index is 12.9. The molecule has 156 valence electrons. The smallest absolute Gasteiger partial charge is 0.273 e. The van der Waals surface area contributed by atoms with Gasteiger partial charge in [0.1, 0.15) is 5.75 Å². The van der Waals surface area contributed by atoms with Crippen LogP contribution in [0.2, 0.25) is 0 Å². The van der Waals surface area contributed by atoms with Crippen LogP contribution in [-0.4, -0.2) is 41.2 Å². The summed E-state index contributed by atoms with van der Waals surface area (Å²) in [7, 11) is 1.35. The normalized spacial score (nSPS) is 32.6. The van der Waals surface area contributed by atoms with Crippen LogP contribution < -0.4 is 10.1 Å². The zero-order chi connectivity index (χ0) is 21.2. The number of likely N-dealkylation sites (tertiary alicyclic amines) is 1. The summed E-state index contributed by atoms with van der Waals surface area (Å²) in [5.41, 5.74) is 0.144. The highest BCUT2D eigenvalue weighted by Gasteiger charge is 2.66. The lowest BCUT2D eigenvalue weighted by Gasteiger charge is -2.37. The number of nitro groups is 1. The number of non-ortho nitro benzene ring substituents is 1. The number of nitrogens with zero attached hydrogens (tertiary/aromatic N) is 2. The van der Waals surface area contributed by atoms with Gasteiger partial charge in [-0.2, -0.15) is 0 Å². The van der Waals surface area contributed by atoms with E-state index in [0.717, 1.165) is 6.42 Å². The minimum Gasteiger partial charge on any atom is -0.494 e. The lowest BCUT2D eigenvalue weighted by atomic mass is 9.63. The molecule has 2 bridgehead atoms. The van der Waals surface area contributed by atoms with Gasteiger partial charge in [0.2, 0.25) is 17.7 Å². The van der Waals surface area contributed by atoms with E-state index in [0.29, 0.717) is 17.5 Å². The molecule has 1 aliphatic heterocycles. The first kappa shape index (κ1) is 18.8. The average Bonchev–Trinajstić information content (AvgIpc) is 3.51. The van der Waals surface area contributed by atoms with Crippen LogP contribution in [0.25, 0.3) is 0 Å². The maximum atomic E-state index is 12.9. The number of methoxy groups -OCH3 is 1. The van der Waals surface area contributed by atoms with E-state index in [1.165, 1.54) is 30.2 Å². The summed E-state index contributed by atoms with van der Waals surface area (Å²) in [4.78, 5) is 49.9. The maximum Gasteiger partial charge on any atom is 0.273 e. The van der Waals surface area contributed by atoms with Crippen LogP contribution in [0.3, 0.4) is 0 Å². The molecule has 3 fully saturated rings. The molecule has 4 aliphatic carbocycles. The minimum atomic E-state index is -0.551. The van der Waals surface area contributed by atoms with Crippen molar-refractivity contribution in [1.82, 2.24) is 4.90 Å². The van der Waals surface area contributed by atoms with E-state index in [9.17, 15) is 24.5 Å². The Morgan fingerprint density at radius 3 is 2.40 bits per heavy atom. The number of hydrogen-bond donors (Lipinski definition) is 1. The van der Waals surface area contributed by atoms with Crippen molar-refractivity contribution in [2.45, 2.75) is 12.8 Å². The highest BCUT2D eigenvalue weighted by atomic mass is 16.6. The molecule has 6 rings (SSSR count). The predicted molar refractivity (Wildman–Crippen MR) is 104 cm³/mol. The molecule has 1 aromatic carbocycles. The molecule has 0 spiro atoms. The summed E-state index contributed by atoms with van der Waals surface area (Å²) in [5.74, 6) is 0.301. The van der Waals surface area contributed by atoms with Crippen molar-refractivity contribution in [3.05, 3.63) is 40.5 Å². The molecule has 30 heavy (non-hydrogen) atoms. The van der Waals surface area contributed by atoms with Crippen molar-refractivity contribution in [3.8, 4) is 5.75 Å². The first-order valence-corrected chi connectivity index (χ1v) is 10.1. The molecule has 0 aromatic heterocycles. The number of nitro benzene ring substituents is 1. The molecule has 1 N–H and O–H groups in total. The van der Waals surface area contributed by atoms with Gasteiger partial charge in [-0.3, -0.25) is 29.4 Å². The predicted octanol–water partition coefficient (Wildman–Crippen LogP) is 1.99. The van der Waals surface area contributed by atoms with E-state index in [4.69, 9.17) is 4.74 Å². The van der Waals surface area contributed by atoms with Crippen LogP contribution >= 0.6 is 0 Å². The molecule has 6 atom stereocenters. The molecular weight excluding hydrogens is 390 g/mol. The lowest BCUT2D eigenvalue weighted by molar-refractivity contribution is -0.384. The molecule has 3 amide bonds. The zero-order valence-corrected chi connectivity index (χ0v) is 16.3. The van der Waals surface area contributed by atoms with Crippen molar-refractivity contribution in [1.29, 1.82) is 0 Å². The van der Waals surface area contributed by atoms with E-state index in [-0.39, 0.29) is 59.9 Å². The molecule has 9 nitrogen and oxygen atoms in total. The molecule has 0 radical (unpaired) electrons. The Hall–Kier alpha value is -3.23. The van der Waals surface area contributed by atoms with E-state index < -0.39 is 10.8 Å². The average molecular weight is 411 g/mol. The molecule has 1 heterocycles. The number of amides is 3. The quantitative estimate of drug-likeness (QED) is 0.331. The molecule has 1 aromatic rings. The number of carbonyl (C=O) groups excluding carboxylic acids is 3. The molecule has 1 saturated heterocycles. The van der Waals surface area contributed by atoms with Gasteiger partial charge in [0.15, 0.2) is 0 Å². The van der Waals surface area contributed by atoms with Gasteiger partial charge in [-0.05, 0) is 36.2 Å². The van der Waals surface area contributed by atoms with Crippen molar-refractivity contribution in [3.63, 3.8) is 0 Å². The topological polar surface area (TPSA) is 119 Å². The fourth-order valence-corrected chi connectivity index (χ4v) is 5.56. The van der Waals surface area contributed by atoms with Gasteiger partial charge in [-0.25, -0.2) is 0 Å². The molecule has 2 saturated carbocycles. The Balaban J connectivity index is 1.24. The van der Waals surface area contributed by atoms with Gasteiger partial charge in [0, 0.05) is 19.0 Å². The fraction of sp³-hybridized carbons (Fsp3) is 0.476. The number of anilines is 1. The Labute approximate surface area is 172 Å². The molecular formula is C21H21N3O6. The standard InChI is InChI=1S/C21H21N3O6/c1-30-16-8-10(24(28)29)2-5-15(16)22-17(25)6-7-23-20(26)18-11-3-4-12(14-9-13(11)14)19(18)21(23)27/h2-5,8,11-14,18-19H,6-7,9H2,1H3,(H,22,25)/t11-,12+,13-,14-,18+,19-/m1/s1. The fourth-order valence-electron chi connectivity index (χ4n) is 5.56. The number of nitrogens with one attached hydrogen (secondary N) is 1. The minimum absolute atomic E-state index is 0.0283. The molecule has 5 aliphatic rings. The summed E-state index contributed by atoms with van der Waals surface area (Å²) < 4.78 is 5.11. The van der Waals surface area contributed by atoms with E-state index >= 15 is 0 Å². The van der Waals surface area contributed by atoms with Crippen molar-refractivity contribution in [2.75, 3.05) is 19.0 Å². The number of ether oxygens (including phenoxy) is 1. The van der Waals surface area contributed by atoms with E-state index in [2.05, 4.69) is 17.5 Å². The second-order valence-corrected chi connectivity index (χ2v) is 8.42. The summed E-state index contributed by atoms with van der Waals surface area (Å²) in [5, 5.41) is 13.5. The van der Waals surface area contributed by atoms with Crippen LogP contribution in [0.5, 0.6) is 5.75 Å². The van der Waals surface area contributed by atoms with Crippen molar-refractivity contribution >= 4 is 29.1 Å². The summed E-state index contributed by atoms with van der Waals surface area (Å²) in [6.07, 6.45) is 5.28. The number of benzene rings is 1. The van der Waals surface area contributed by atoms with E-state index in [1.807, 2.05) is 0 Å². The third-order valence-corrected chi connectivity index (χ3v) is 6.99. The van der Waals surface area contributed by atoms with Crippen molar-refractivity contribution < 1.29 is 24.0 Å². The SMILES string of the molecule is COc1cc([N+](=O)[O-])ccc1NC(=O)CCN1C(=O)[C@@H]2[C@H]3C=C[C@H]([C@H]4C[C@H]34)[C@@H]2C1=O. The van der Waals surface area contributed by atoms with Crippen LogP contribution in [0.15, 0.2) is 30.4 Å². The summed E-state index contributed by atoms with van der Waals surface area (Å²) in [6.45, 7) is 0.0283. The molecule has 0 unspecified atom stereocenters. The highest BCUT2D eigenvalue weighted by Crippen LogP contribution is 2.65. The zero-order valence-electron chi connectivity index (χ0n) is 16.3. The van der Waals surface area contributed by atoms with Gasteiger partial charge in [-0.15, -0.1) is 0 Å². The van der Waals surface area contributed by atoms with Gasteiger partial charge >= 0.3 is 0 Å². The number of hydrogen-bond acceptors (Lipinski definition) is 6. The number of rotatable bonds is 6. The Kier molecular flexibility index (Phi) is 4.16. The molecule has 9 heteroatoms. The largest absolute Gasteiger partial charge is 0.494 e. The first-order valence-electron chi connectivity index (χ1n) is 10.1. The van der Waals surface area contributed by atoms with Gasteiger partial charge in [-0.1, -0.05) is 12.2 Å². The number of imide groups is 1. The van der Waals surface area contributed by atoms with Gasteiger partial charge in [0.25, 0.3) is 5.69 Å². The second-order valence-electron chi connectivity index (χ2n) is 8.42. The second kappa shape index (κ2) is 6.65. The third kappa shape index (κ3) is 2.72. The van der Waals surface area contributed by atoms with Crippen LogP contribution in [0.1, 0.15) is 12.8 Å². The summed E-state index contributed by atoms with van der Waals surface area (Å²) >= 11 is 0. The van der Waals surface area contributed by atoms with Crippen LogP contribution in [0, 0.1) is 45.6 Å². The third-order valence-electron chi connectivity index (χ3n) is 6.99. The number of carbonyl (C=O) groups is 3. The van der Waals surface area contributed by atoms with Crippen molar-refractivity contribution in [2.24, 2.45) is 35.5 Å². The van der Waals surface area contributed by atoms with Gasteiger partial charge < -0.3 is 10.1 Å².